The molecule has 3 aromatic rings. The number of rotatable bonds is 3. The van der Waals surface area contributed by atoms with E-state index in [0.717, 1.165) is 22.4 Å². The van der Waals surface area contributed by atoms with Crippen molar-refractivity contribution in [2.24, 2.45) is 0 Å². The van der Waals surface area contributed by atoms with Crippen LogP contribution < -0.4 is 0 Å². The van der Waals surface area contributed by atoms with E-state index in [4.69, 9.17) is 16.7 Å². The first-order valence-electron chi connectivity index (χ1n) is 6.69. The Labute approximate surface area is 128 Å². The van der Waals surface area contributed by atoms with Crippen molar-refractivity contribution >= 4 is 11.6 Å². The molecule has 2 aromatic carbocycles. The van der Waals surface area contributed by atoms with Crippen molar-refractivity contribution in [2.45, 2.75) is 13.5 Å². The number of hydrogen-bond donors (Lipinski definition) is 1. The average molecular weight is 299 g/mol. The molecular formula is C17H15ClN2O. The number of aliphatic hydroxyl groups excluding tert-OH is 1. The van der Waals surface area contributed by atoms with Crippen LogP contribution >= 0.6 is 11.6 Å². The molecule has 1 heterocycles. The molecule has 3 nitrogen and oxygen atoms in total. The molecule has 0 aliphatic heterocycles. The van der Waals surface area contributed by atoms with Crippen LogP contribution in [0.15, 0.2) is 54.9 Å². The van der Waals surface area contributed by atoms with Crippen molar-refractivity contribution in [1.29, 1.82) is 0 Å². The Bertz CT molecular complexity index is 780. The number of para-hydroxylation sites is 1. The van der Waals surface area contributed by atoms with Crippen molar-refractivity contribution in [2.75, 3.05) is 0 Å². The summed E-state index contributed by atoms with van der Waals surface area (Å²) in [6.07, 6.45) is 3.79. The summed E-state index contributed by atoms with van der Waals surface area (Å²) < 4.78 is 1.86. The second kappa shape index (κ2) is 5.72. The predicted octanol–water partition coefficient (Wildman–Crippen LogP) is 3.99. The second-order valence-electron chi connectivity index (χ2n) is 4.92. The normalized spacial score (nSPS) is 10.8. The maximum Gasteiger partial charge on any atom is 0.0696 e. The van der Waals surface area contributed by atoms with E-state index in [1.54, 1.807) is 0 Å². The Hall–Kier alpha value is -2.10. The van der Waals surface area contributed by atoms with E-state index in [-0.39, 0.29) is 6.61 Å². The molecule has 1 aromatic heterocycles. The molecule has 3 rings (SSSR count). The predicted molar refractivity (Wildman–Crippen MR) is 84.7 cm³/mol. The van der Waals surface area contributed by atoms with Gasteiger partial charge in [-0.25, -0.2) is 4.68 Å². The Morgan fingerprint density at radius 1 is 1.14 bits per heavy atom. The summed E-state index contributed by atoms with van der Waals surface area (Å²) in [5.41, 5.74) is 4.93. The van der Waals surface area contributed by atoms with Gasteiger partial charge in [-0.05, 0) is 35.7 Å². The highest BCUT2D eigenvalue weighted by molar-refractivity contribution is 6.31. The molecule has 1 N–H and O–H groups in total. The lowest BCUT2D eigenvalue weighted by atomic mass is 10.1. The smallest absolute Gasteiger partial charge is 0.0696 e. The third kappa shape index (κ3) is 2.71. The topological polar surface area (TPSA) is 38.0 Å². The molecule has 0 amide bonds. The largest absolute Gasteiger partial charge is 0.392 e. The maximum absolute atomic E-state index is 9.16. The summed E-state index contributed by atoms with van der Waals surface area (Å²) >= 11 is 6.14. The van der Waals surface area contributed by atoms with Crippen molar-refractivity contribution < 1.29 is 5.11 Å². The zero-order valence-electron chi connectivity index (χ0n) is 11.6. The fourth-order valence-electron chi connectivity index (χ4n) is 2.28. The lowest BCUT2D eigenvalue weighted by molar-refractivity contribution is 0.282. The fourth-order valence-corrected chi connectivity index (χ4v) is 2.52. The first-order valence-corrected chi connectivity index (χ1v) is 7.07. The summed E-state index contributed by atoms with van der Waals surface area (Å²) in [6, 6.07) is 13.7. The van der Waals surface area contributed by atoms with Crippen molar-refractivity contribution in [3.8, 4) is 16.8 Å². The van der Waals surface area contributed by atoms with Gasteiger partial charge >= 0.3 is 0 Å². The zero-order valence-corrected chi connectivity index (χ0v) is 12.4. The first kappa shape index (κ1) is 13.9. The summed E-state index contributed by atoms with van der Waals surface area (Å²) in [5.74, 6) is 0. The van der Waals surface area contributed by atoms with Crippen LogP contribution in [0, 0.1) is 6.92 Å². The number of aryl methyl sites for hydroxylation is 1. The minimum atomic E-state index is -0.0540. The van der Waals surface area contributed by atoms with E-state index in [9.17, 15) is 0 Å². The summed E-state index contributed by atoms with van der Waals surface area (Å²) in [4.78, 5) is 0. The van der Waals surface area contributed by atoms with Gasteiger partial charge in [0.2, 0.25) is 0 Å². The highest BCUT2D eigenvalue weighted by Crippen LogP contribution is 2.26. The Kier molecular flexibility index (Phi) is 3.78. The average Bonchev–Trinajstić information content (AvgIpc) is 2.97. The molecular weight excluding hydrogens is 284 g/mol. The van der Waals surface area contributed by atoms with Crippen LogP contribution in [-0.2, 0) is 6.61 Å². The lowest BCUT2D eigenvalue weighted by Crippen LogP contribution is -1.96. The minimum Gasteiger partial charge on any atom is -0.392 e. The highest BCUT2D eigenvalue weighted by atomic mass is 35.5. The van der Waals surface area contributed by atoms with Crippen LogP contribution in [0.2, 0.25) is 5.02 Å². The van der Waals surface area contributed by atoms with Crippen molar-refractivity contribution in [1.82, 2.24) is 9.78 Å². The van der Waals surface area contributed by atoms with Gasteiger partial charge < -0.3 is 5.11 Å². The quantitative estimate of drug-likeness (QED) is 0.794. The molecule has 0 aliphatic carbocycles. The molecule has 21 heavy (non-hydrogen) atoms. The second-order valence-corrected chi connectivity index (χ2v) is 5.33. The van der Waals surface area contributed by atoms with Crippen LogP contribution in [-0.4, -0.2) is 14.9 Å². The zero-order chi connectivity index (χ0) is 14.8. The van der Waals surface area contributed by atoms with Crippen LogP contribution in [0.3, 0.4) is 0 Å². The van der Waals surface area contributed by atoms with Crippen LogP contribution in [0.1, 0.15) is 11.1 Å². The third-order valence-electron chi connectivity index (χ3n) is 3.50. The van der Waals surface area contributed by atoms with E-state index in [1.165, 1.54) is 5.56 Å². The molecule has 0 fully saturated rings. The van der Waals surface area contributed by atoms with E-state index in [0.29, 0.717) is 5.02 Å². The highest BCUT2D eigenvalue weighted by Gasteiger charge is 2.07. The van der Waals surface area contributed by atoms with E-state index in [2.05, 4.69) is 18.1 Å². The maximum atomic E-state index is 9.16. The molecule has 0 radical (unpaired) electrons. The molecule has 0 unspecified atom stereocenters. The van der Waals surface area contributed by atoms with Gasteiger partial charge in [-0.15, -0.1) is 0 Å². The monoisotopic (exact) mass is 298 g/mol. The first-order chi connectivity index (χ1) is 10.2. The molecule has 0 saturated carbocycles. The number of aliphatic hydroxyl groups is 1. The van der Waals surface area contributed by atoms with Crippen molar-refractivity contribution in [3.63, 3.8) is 0 Å². The van der Waals surface area contributed by atoms with Crippen LogP contribution in [0.4, 0.5) is 0 Å². The number of aromatic nitrogens is 2. The number of benzene rings is 2. The Morgan fingerprint density at radius 2 is 1.95 bits per heavy atom. The number of hydrogen-bond acceptors (Lipinski definition) is 2. The summed E-state index contributed by atoms with van der Waals surface area (Å²) in [5, 5.41) is 14.2. The molecule has 0 spiro atoms. The SMILES string of the molecule is Cc1ccccc1-n1cc(-c2ccc(CO)c(Cl)c2)cn1. The summed E-state index contributed by atoms with van der Waals surface area (Å²) in [7, 11) is 0. The van der Waals surface area contributed by atoms with Crippen molar-refractivity contribution in [3.05, 3.63) is 71.0 Å². The van der Waals surface area contributed by atoms with Gasteiger partial charge in [0.1, 0.15) is 0 Å². The van der Waals surface area contributed by atoms with Gasteiger partial charge in [0.15, 0.2) is 0 Å². The number of halogens is 1. The lowest BCUT2D eigenvalue weighted by Gasteiger charge is -2.05. The van der Waals surface area contributed by atoms with Gasteiger partial charge in [-0.3, -0.25) is 0 Å². The van der Waals surface area contributed by atoms with Gasteiger partial charge in [0.25, 0.3) is 0 Å². The van der Waals surface area contributed by atoms with Crippen LogP contribution in [0.5, 0.6) is 0 Å². The molecule has 0 atom stereocenters. The fraction of sp³-hybridized carbons (Fsp3) is 0.118. The van der Waals surface area contributed by atoms with Gasteiger partial charge in [-0.2, -0.15) is 5.10 Å². The van der Waals surface area contributed by atoms with Gasteiger partial charge in [0.05, 0.1) is 18.5 Å². The van der Waals surface area contributed by atoms with Gasteiger partial charge in [-0.1, -0.05) is 41.9 Å². The van der Waals surface area contributed by atoms with Crippen LogP contribution in [0.25, 0.3) is 16.8 Å². The molecule has 0 bridgehead atoms. The molecule has 0 aliphatic rings. The van der Waals surface area contributed by atoms with Gasteiger partial charge in [0, 0.05) is 16.8 Å². The standard InChI is InChI=1S/C17H15ClN2O/c1-12-4-2-3-5-17(12)20-10-15(9-19-20)13-6-7-14(11-21)16(18)8-13/h2-10,21H,11H2,1H3. The van der Waals surface area contributed by atoms with E-state index >= 15 is 0 Å². The molecule has 106 valence electrons. The molecule has 0 saturated heterocycles. The summed E-state index contributed by atoms with van der Waals surface area (Å²) in [6.45, 7) is 2.01. The number of nitrogens with zero attached hydrogens (tertiary/aromatic N) is 2. The van der Waals surface area contributed by atoms with E-state index < -0.39 is 0 Å². The Morgan fingerprint density at radius 3 is 2.67 bits per heavy atom. The van der Waals surface area contributed by atoms with E-state index in [1.807, 2.05) is 53.5 Å². The molecule has 4 heteroatoms. The third-order valence-corrected chi connectivity index (χ3v) is 3.85. The minimum absolute atomic E-state index is 0.0540. The Balaban J connectivity index is 1.99.